The molecule has 0 saturated carbocycles. The Balaban J connectivity index is 2.62. The van der Waals surface area contributed by atoms with Crippen LogP contribution in [0.15, 0.2) is 40.5 Å². The lowest BCUT2D eigenvalue weighted by Crippen LogP contribution is -2.37. The van der Waals surface area contributed by atoms with Crippen molar-refractivity contribution in [2.75, 3.05) is 13.2 Å². The van der Waals surface area contributed by atoms with Crippen molar-refractivity contribution in [1.82, 2.24) is 0 Å². The van der Waals surface area contributed by atoms with Crippen LogP contribution in [0.1, 0.15) is 45.6 Å². The van der Waals surface area contributed by atoms with Gasteiger partial charge >= 0.3 is 11.9 Å². The van der Waals surface area contributed by atoms with E-state index < -0.39 is 28.7 Å². The van der Waals surface area contributed by atoms with Crippen molar-refractivity contribution < 1.29 is 24.0 Å². The highest BCUT2D eigenvalue weighted by atomic mass is 16.6. The van der Waals surface area contributed by atoms with Gasteiger partial charge < -0.3 is 9.47 Å². The standard InChI is InChI=1S/C22H25N3O6/c1-13(2)12-31-22(27)19-15(4)24-14(3)18(21(26)30-11-7-10-23)20(19)16-8-5-6-9-17(16)25(28)29/h5-6,8-9,13,19-20H,7,11-12H2,1-4H3. The summed E-state index contributed by atoms with van der Waals surface area (Å²) < 4.78 is 10.6. The summed E-state index contributed by atoms with van der Waals surface area (Å²) in [6.07, 6.45) is -0.00360. The highest BCUT2D eigenvalue weighted by Gasteiger charge is 2.44. The monoisotopic (exact) mass is 427 g/mol. The number of hydrogen-bond donors (Lipinski definition) is 0. The number of nitro groups is 1. The highest BCUT2D eigenvalue weighted by molar-refractivity contribution is 6.07. The number of nitro benzene ring substituents is 1. The molecule has 31 heavy (non-hydrogen) atoms. The van der Waals surface area contributed by atoms with Gasteiger partial charge in [0, 0.05) is 29.0 Å². The van der Waals surface area contributed by atoms with Gasteiger partial charge in [0.25, 0.3) is 5.69 Å². The number of esters is 2. The van der Waals surface area contributed by atoms with E-state index in [1.54, 1.807) is 19.9 Å². The van der Waals surface area contributed by atoms with Crippen molar-refractivity contribution in [3.63, 3.8) is 0 Å². The van der Waals surface area contributed by atoms with Crippen molar-refractivity contribution in [1.29, 1.82) is 5.26 Å². The smallest absolute Gasteiger partial charge is 0.336 e. The molecule has 1 aromatic rings. The Bertz CT molecular complexity index is 974. The maximum Gasteiger partial charge on any atom is 0.336 e. The SMILES string of the molecule is CC1=NC(C)=C(C(=O)OCCC#N)C(c2ccccc2[N+](=O)[O-])C1C(=O)OCC(C)C. The van der Waals surface area contributed by atoms with Crippen LogP contribution in [0.2, 0.25) is 0 Å². The van der Waals surface area contributed by atoms with E-state index in [0.29, 0.717) is 11.4 Å². The number of nitriles is 1. The Morgan fingerprint density at radius 3 is 2.55 bits per heavy atom. The molecule has 1 heterocycles. The Kier molecular flexibility index (Phi) is 8.02. The van der Waals surface area contributed by atoms with Crippen LogP contribution in [0.4, 0.5) is 5.69 Å². The fourth-order valence-corrected chi connectivity index (χ4v) is 3.47. The number of benzene rings is 1. The quantitative estimate of drug-likeness (QED) is 0.267. The molecule has 0 fully saturated rings. The summed E-state index contributed by atoms with van der Waals surface area (Å²) in [5.41, 5.74) is 0.710. The Morgan fingerprint density at radius 1 is 1.26 bits per heavy atom. The summed E-state index contributed by atoms with van der Waals surface area (Å²) in [6, 6.07) is 7.83. The molecule has 0 N–H and O–H groups in total. The lowest BCUT2D eigenvalue weighted by molar-refractivity contribution is -0.385. The second-order valence-corrected chi connectivity index (χ2v) is 7.59. The van der Waals surface area contributed by atoms with Gasteiger partial charge in [-0.1, -0.05) is 32.0 Å². The van der Waals surface area contributed by atoms with Crippen molar-refractivity contribution in [2.45, 2.75) is 40.0 Å². The predicted octanol–water partition coefficient (Wildman–Crippen LogP) is 3.70. The maximum absolute atomic E-state index is 13.0. The van der Waals surface area contributed by atoms with Crippen LogP contribution in [0.3, 0.4) is 0 Å². The third kappa shape index (κ3) is 5.54. The first-order valence-electron chi connectivity index (χ1n) is 9.89. The molecule has 2 unspecified atom stereocenters. The van der Waals surface area contributed by atoms with E-state index >= 15 is 0 Å². The normalized spacial score (nSPS) is 18.3. The first kappa shape index (κ1) is 23.7. The minimum atomic E-state index is -1.03. The predicted molar refractivity (Wildman–Crippen MR) is 112 cm³/mol. The Hall–Kier alpha value is -3.54. The summed E-state index contributed by atoms with van der Waals surface area (Å²) in [5, 5.41) is 20.4. The molecule has 0 spiro atoms. The van der Waals surface area contributed by atoms with Crippen LogP contribution in [0.5, 0.6) is 0 Å². The largest absolute Gasteiger partial charge is 0.465 e. The summed E-state index contributed by atoms with van der Waals surface area (Å²) in [5.74, 6) is -3.33. The van der Waals surface area contributed by atoms with E-state index in [2.05, 4.69) is 4.99 Å². The summed E-state index contributed by atoms with van der Waals surface area (Å²) in [4.78, 5) is 41.4. The lowest BCUT2D eigenvalue weighted by atomic mass is 9.75. The minimum absolute atomic E-state index is 0.00360. The summed E-state index contributed by atoms with van der Waals surface area (Å²) in [6.45, 7) is 7.01. The van der Waals surface area contributed by atoms with Gasteiger partial charge in [-0.05, 0) is 19.8 Å². The van der Waals surface area contributed by atoms with Gasteiger partial charge in [0.15, 0.2) is 0 Å². The zero-order valence-electron chi connectivity index (χ0n) is 18.0. The average molecular weight is 427 g/mol. The molecular weight excluding hydrogens is 402 g/mol. The van der Waals surface area contributed by atoms with E-state index in [1.807, 2.05) is 19.9 Å². The zero-order valence-corrected chi connectivity index (χ0v) is 18.0. The van der Waals surface area contributed by atoms with Gasteiger partial charge in [-0.2, -0.15) is 5.26 Å². The van der Waals surface area contributed by atoms with Gasteiger partial charge in [0.1, 0.15) is 12.5 Å². The molecule has 0 radical (unpaired) electrons. The summed E-state index contributed by atoms with van der Waals surface area (Å²) in [7, 11) is 0. The zero-order chi connectivity index (χ0) is 23.1. The van der Waals surface area contributed by atoms with Gasteiger partial charge in [0.2, 0.25) is 0 Å². The Labute approximate surface area is 180 Å². The fraction of sp³-hybridized carbons (Fsp3) is 0.455. The molecule has 9 nitrogen and oxygen atoms in total. The minimum Gasteiger partial charge on any atom is -0.465 e. The van der Waals surface area contributed by atoms with Crippen LogP contribution in [-0.2, 0) is 19.1 Å². The molecule has 0 saturated heterocycles. The first-order chi connectivity index (χ1) is 14.7. The fourth-order valence-electron chi connectivity index (χ4n) is 3.47. The molecule has 0 aliphatic carbocycles. The second-order valence-electron chi connectivity index (χ2n) is 7.59. The van der Waals surface area contributed by atoms with E-state index in [0.717, 1.165) is 0 Å². The van der Waals surface area contributed by atoms with Crippen LogP contribution < -0.4 is 0 Å². The number of para-hydroxylation sites is 1. The Morgan fingerprint density at radius 2 is 1.94 bits per heavy atom. The third-order valence-corrected chi connectivity index (χ3v) is 4.78. The van der Waals surface area contributed by atoms with Gasteiger partial charge in [-0.15, -0.1) is 0 Å². The topological polar surface area (TPSA) is 132 Å². The van der Waals surface area contributed by atoms with E-state index in [-0.39, 0.29) is 42.4 Å². The molecule has 1 aliphatic heterocycles. The van der Waals surface area contributed by atoms with Crippen molar-refractivity contribution in [3.8, 4) is 6.07 Å². The van der Waals surface area contributed by atoms with E-state index in [9.17, 15) is 19.7 Å². The molecule has 1 aliphatic rings. The number of carbonyl (C=O) groups is 2. The van der Waals surface area contributed by atoms with E-state index in [4.69, 9.17) is 14.7 Å². The molecule has 0 bridgehead atoms. The lowest BCUT2D eigenvalue weighted by Gasteiger charge is -2.31. The van der Waals surface area contributed by atoms with Gasteiger partial charge in [-0.3, -0.25) is 19.9 Å². The molecule has 2 atom stereocenters. The number of nitrogens with zero attached hydrogens (tertiary/aromatic N) is 3. The van der Waals surface area contributed by atoms with Crippen LogP contribution in [0.25, 0.3) is 0 Å². The van der Waals surface area contributed by atoms with E-state index in [1.165, 1.54) is 18.2 Å². The molecular formula is C22H25N3O6. The average Bonchev–Trinajstić information content (AvgIpc) is 2.71. The first-order valence-corrected chi connectivity index (χ1v) is 9.89. The van der Waals surface area contributed by atoms with Crippen LogP contribution in [-0.4, -0.2) is 35.8 Å². The third-order valence-electron chi connectivity index (χ3n) is 4.78. The highest BCUT2D eigenvalue weighted by Crippen LogP contribution is 2.43. The number of aliphatic imine (C=N–C) groups is 1. The summed E-state index contributed by atoms with van der Waals surface area (Å²) >= 11 is 0. The molecule has 1 aromatic carbocycles. The van der Waals surface area contributed by atoms with Crippen LogP contribution in [0, 0.1) is 33.3 Å². The van der Waals surface area contributed by atoms with Crippen molar-refractivity contribution >= 4 is 23.3 Å². The van der Waals surface area contributed by atoms with Crippen molar-refractivity contribution in [3.05, 3.63) is 51.2 Å². The number of carbonyl (C=O) groups excluding carboxylic acids is 2. The number of ether oxygens (including phenoxy) is 2. The molecule has 9 heteroatoms. The van der Waals surface area contributed by atoms with Crippen molar-refractivity contribution in [2.24, 2.45) is 16.8 Å². The number of rotatable bonds is 8. The van der Waals surface area contributed by atoms with Gasteiger partial charge in [-0.25, -0.2) is 4.79 Å². The molecule has 164 valence electrons. The molecule has 0 amide bonds. The number of hydrogen-bond acceptors (Lipinski definition) is 8. The molecule has 2 rings (SSSR count). The number of allylic oxidation sites excluding steroid dienone is 1. The second kappa shape index (κ2) is 10.5. The molecule has 0 aromatic heterocycles. The maximum atomic E-state index is 13.0. The van der Waals surface area contributed by atoms with Crippen LogP contribution >= 0.6 is 0 Å². The van der Waals surface area contributed by atoms with Gasteiger partial charge in [0.05, 0.1) is 29.6 Å².